The van der Waals surface area contributed by atoms with Gasteiger partial charge in [0.15, 0.2) is 0 Å². The summed E-state index contributed by atoms with van der Waals surface area (Å²) in [6.07, 6.45) is 2.49. The Kier molecular flexibility index (Phi) is 6.68. The van der Waals surface area contributed by atoms with Gasteiger partial charge in [0, 0.05) is 37.4 Å². The third-order valence-corrected chi connectivity index (χ3v) is 2.95. The molecule has 6 nitrogen and oxygen atoms in total. The van der Waals surface area contributed by atoms with Crippen LogP contribution in [0.3, 0.4) is 0 Å². The second-order valence-electron chi connectivity index (χ2n) is 6.16. The molecule has 1 aromatic heterocycles. The molecule has 6 heteroatoms. The number of aryl methyl sites for hydroxylation is 1. The van der Waals surface area contributed by atoms with Gasteiger partial charge in [-0.05, 0) is 34.1 Å². The maximum absolute atomic E-state index is 12.1. The summed E-state index contributed by atoms with van der Waals surface area (Å²) < 4.78 is 5.42. The Morgan fingerprint density at radius 3 is 2.67 bits per heavy atom. The Morgan fingerprint density at radius 2 is 2.14 bits per heavy atom. The molecule has 1 rings (SSSR count). The minimum atomic E-state index is -0.454. The number of aromatic nitrogens is 2. The molecule has 0 fully saturated rings. The second-order valence-corrected chi connectivity index (χ2v) is 6.16. The molecule has 0 saturated carbocycles. The topological polar surface area (TPSA) is 70.2 Å². The number of nitrogens with zero attached hydrogens (tertiary/aromatic N) is 2. The summed E-state index contributed by atoms with van der Waals surface area (Å²) >= 11 is 0. The van der Waals surface area contributed by atoms with Gasteiger partial charge >= 0.3 is 6.09 Å². The largest absolute Gasteiger partial charge is 0.444 e. The quantitative estimate of drug-likeness (QED) is 0.758. The average molecular weight is 296 g/mol. The molecule has 0 spiro atoms. The van der Waals surface area contributed by atoms with E-state index >= 15 is 0 Å². The van der Waals surface area contributed by atoms with Crippen molar-refractivity contribution in [2.24, 2.45) is 0 Å². The van der Waals surface area contributed by atoms with E-state index in [4.69, 9.17) is 4.74 Å². The molecule has 21 heavy (non-hydrogen) atoms. The summed E-state index contributed by atoms with van der Waals surface area (Å²) in [6, 6.07) is 0. The molecular weight excluding hydrogens is 268 g/mol. The van der Waals surface area contributed by atoms with Crippen molar-refractivity contribution in [1.29, 1.82) is 0 Å². The molecule has 0 unspecified atom stereocenters. The number of hydrogen-bond acceptors (Lipinski definition) is 4. The molecule has 0 bridgehead atoms. The van der Waals surface area contributed by atoms with Crippen LogP contribution in [0.5, 0.6) is 0 Å². The zero-order chi connectivity index (χ0) is 15.9. The smallest absolute Gasteiger partial charge is 0.410 e. The average Bonchev–Trinajstić information content (AvgIpc) is 2.76. The van der Waals surface area contributed by atoms with Crippen LogP contribution in [0.1, 0.15) is 45.4 Å². The van der Waals surface area contributed by atoms with Crippen LogP contribution < -0.4 is 5.32 Å². The number of rotatable bonds is 7. The van der Waals surface area contributed by atoms with Crippen molar-refractivity contribution in [3.8, 4) is 0 Å². The first-order valence-corrected chi connectivity index (χ1v) is 7.51. The molecule has 1 heterocycles. The lowest BCUT2D eigenvalue weighted by atomic mass is 10.2. The fourth-order valence-corrected chi connectivity index (χ4v) is 1.88. The molecule has 0 aliphatic heterocycles. The molecule has 0 aliphatic carbocycles. The highest BCUT2D eigenvalue weighted by Crippen LogP contribution is 2.10. The fraction of sp³-hybridized carbons (Fsp3) is 0.733. The number of hydrogen-bond donors (Lipinski definition) is 2. The van der Waals surface area contributed by atoms with Crippen LogP contribution in [0, 0.1) is 6.92 Å². The first kappa shape index (κ1) is 17.5. The number of carbonyl (C=O) groups is 1. The fourth-order valence-electron chi connectivity index (χ4n) is 1.88. The first-order valence-electron chi connectivity index (χ1n) is 7.51. The normalized spacial score (nSPS) is 11.5. The Bertz CT molecular complexity index is 437. The third-order valence-electron chi connectivity index (χ3n) is 2.95. The van der Waals surface area contributed by atoms with Gasteiger partial charge in [-0.25, -0.2) is 4.79 Å². The molecule has 1 amide bonds. The summed E-state index contributed by atoms with van der Waals surface area (Å²) in [4.78, 5) is 13.8. The molecule has 2 N–H and O–H groups in total. The van der Waals surface area contributed by atoms with Crippen molar-refractivity contribution < 1.29 is 9.53 Å². The van der Waals surface area contributed by atoms with Crippen molar-refractivity contribution in [2.75, 3.05) is 19.6 Å². The maximum atomic E-state index is 12.1. The summed E-state index contributed by atoms with van der Waals surface area (Å²) in [5.74, 6) is 0. The van der Waals surface area contributed by atoms with E-state index < -0.39 is 5.60 Å². The summed E-state index contributed by atoms with van der Waals surface area (Å²) in [5.41, 5.74) is 1.76. The van der Waals surface area contributed by atoms with Gasteiger partial charge in [0.05, 0.1) is 6.20 Å². The molecule has 0 atom stereocenters. The highest BCUT2D eigenvalue weighted by Gasteiger charge is 2.21. The lowest BCUT2D eigenvalue weighted by Crippen LogP contribution is -2.40. The Balaban J connectivity index is 2.37. The SMILES string of the molecule is CCCN(CCNCc1cn[nH]c1C)C(=O)OC(C)(C)C. The van der Waals surface area contributed by atoms with Gasteiger partial charge < -0.3 is 15.0 Å². The predicted molar refractivity (Wildman–Crippen MR) is 83.1 cm³/mol. The minimum Gasteiger partial charge on any atom is -0.444 e. The zero-order valence-corrected chi connectivity index (χ0v) is 13.8. The summed E-state index contributed by atoms with van der Waals surface area (Å²) in [6.45, 7) is 12.5. The highest BCUT2D eigenvalue weighted by molar-refractivity contribution is 5.68. The van der Waals surface area contributed by atoms with E-state index in [0.29, 0.717) is 13.1 Å². The van der Waals surface area contributed by atoms with Gasteiger partial charge in [-0.15, -0.1) is 0 Å². The number of aromatic amines is 1. The van der Waals surface area contributed by atoms with Gasteiger partial charge in [-0.2, -0.15) is 5.10 Å². The Morgan fingerprint density at radius 1 is 1.43 bits per heavy atom. The minimum absolute atomic E-state index is 0.245. The van der Waals surface area contributed by atoms with E-state index in [0.717, 1.165) is 30.8 Å². The molecule has 0 radical (unpaired) electrons. The first-order chi connectivity index (χ1) is 9.83. The predicted octanol–water partition coefficient (Wildman–Crippen LogP) is 2.45. The van der Waals surface area contributed by atoms with Crippen molar-refractivity contribution in [2.45, 2.75) is 53.2 Å². The van der Waals surface area contributed by atoms with Crippen molar-refractivity contribution in [3.05, 3.63) is 17.5 Å². The second kappa shape index (κ2) is 8.02. The van der Waals surface area contributed by atoms with Crippen LogP contribution in [-0.4, -0.2) is 46.4 Å². The van der Waals surface area contributed by atoms with Crippen LogP contribution in [0.15, 0.2) is 6.20 Å². The molecule has 0 aromatic carbocycles. The lowest BCUT2D eigenvalue weighted by Gasteiger charge is -2.27. The number of carbonyl (C=O) groups excluding carboxylic acids is 1. The molecule has 1 aromatic rings. The van der Waals surface area contributed by atoms with Gasteiger partial charge in [0.1, 0.15) is 5.60 Å². The maximum Gasteiger partial charge on any atom is 0.410 e. The van der Waals surface area contributed by atoms with Crippen LogP contribution in [0.4, 0.5) is 4.79 Å². The van der Waals surface area contributed by atoms with Gasteiger partial charge in [-0.3, -0.25) is 5.10 Å². The van der Waals surface area contributed by atoms with E-state index in [1.165, 1.54) is 0 Å². The van der Waals surface area contributed by atoms with E-state index in [9.17, 15) is 4.79 Å². The van der Waals surface area contributed by atoms with Crippen molar-refractivity contribution >= 4 is 6.09 Å². The number of nitrogens with one attached hydrogen (secondary N) is 2. The monoisotopic (exact) mass is 296 g/mol. The lowest BCUT2D eigenvalue weighted by molar-refractivity contribution is 0.0252. The van der Waals surface area contributed by atoms with E-state index in [1.807, 2.05) is 33.9 Å². The molecule has 120 valence electrons. The van der Waals surface area contributed by atoms with Gasteiger partial charge in [-0.1, -0.05) is 6.92 Å². The van der Waals surface area contributed by atoms with Crippen LogP contribution in [0.25, 0.3) is 0 Å². The van der Waals surface area contributed by atoms with Crippen LogP contribution >= 0.6 is 0 Å². The highest BCUT2D eigenvalue weighted by atomic mass is 16.6. The van der Waals surface area contributed by atoms with Crippen molar-refractivity contribution in [3.63, 3.8) is 0 Å². The molecular formula is C15H28N4O2. The van der Waals surface area contributed by atoms with Crippen LogP contribution in [-0.2, 0) is 11.3 Å². The summed E-state index contributed by atoms with van der Waals surface area (Å²) in [7, 11) is 0. The number of ether oxygens (including phenoxy) is 1. The molecule has 0 saturated heterocycles. The van der Waals surface area contributed by atoms with E-state index in [1.54, 1.807) is 4.90 Å². The van der Waals surface area contributed by atoms with Gasteiger partial charge in [0.25, 0.3) is 0 Å². The Labute approximate surface area is 127 Å². The third kappa shape index (κ3) is 6.62. The molecule has 0 aliphatic rings. The van der Waals surface area contributed by atoms with E-state index in [2.05, 4.69) is 22.4 Å². The summed E-state index contributed by atoms with van der Waals surface area (Å²) in [5, 5.41) is 10.2. The van der Waals surface area contributed by atoms with Crippen LogP contribution in [0.2, 0.25) is 0 Å². The van der Waals surface area contributed by atoms with Gasteiger partial charge in [0.2, 0.25) is 0 Å². The zero-order valence-electron chi connectivity index (χ0n) is 13.8. The van der Waals surface area contributed by atoms with E-state index in [-0.39, 0.29) is 6.09 Å². The number of amides is 1. The number of H-pyrrole nitrogens is 1. The standard InChI is InChI=1S/C15H28N4O2/c1-6-8-19(14(20)21-15(3,4)5)9-7-16-10-13-11-17-18-12(13)2/h11,16H,6-10H2,1-5H3,(H,17,18). The Hall–Kier alpha value is -1.56. The van der Waals surface area contributed by atoms with Crippen molar-refractivity contribution in [1.82, 2.24) is 20.4 Å².